The normalized spacial score (nSPS) is 18.4. The largest absolute Gasteiger partial charge is 0.338 e. The van der Waals surface area contributed by atoms with Crippen LogP contribution in [0.5, 0.6) is 0 Å². The highest BCUT2D eigenvalue weighted by Crippen LogP contribution is 2.40. The fraction of sp³-hybridized carbons (Fsp3) is 0.480. The smallest absolute Gasteiger partial charge is 0.279 e. The first-order valence-electron chi connectivity index (χ1n) is 11.3. The Morgan fingerprint density at radius 2 is 1.81 bits per heavy atom. The Morgan fingerprint density at radius 1 is 1.09 bits per heavy atom. The van der Waals surface area contributed by atoms with Gasteiger partial charge in [-0.05, 0) is 66.3 Å². The SMILES string of the molecule is CC(C)(C)C1CCc2sc(C(=O)NNC(=O)c3ccc(CN4CCCC4=O)cc3)cc2C1. The van der Waals surface area contributed by atoms with Crippen LogP contribution in [0.15, 0.2) is 30.3 Å². The van der Waals surface area contributed by atoms with E-state index >= 15 is 0 Å². The lowest BCUT2D eigenvalue weighted by Gasteiger charge is -2.33. The van der Waals surface area contributed by atoms with Crippen molar-refractivity contribution in [3.63, 3.8) is 0 Å². The van der Waals surface area contributed by atoms with E-state index in [1.165, 1.54) is 21.8 Å². The van der Waals surface area contributed by atoms with E-state index in [-0.39, 0.29) is 23.1 Å². The first-order valence-corrected chi connectivity index (χ1v) is 12.1. The van der Waals surface area contributed by atoms with E-state index in [4.69, 9.17) is 0 Å². The van der Waals surface area contributed by atoms with Gasteiger partial charge in [-0.2, -0.15) is 0 Å². The maximum absolute atomic E-state index is 12.6. The van der Waals surface area contributed by atoms with E-state index in [2.05, 4.69) is 31.6 Å². The maximum atomic E-state index is 12.6. The first-order chi connectivity index (χ1) is 15.2. The molecule has 1 atom stereocenters. The second kappa shape index (κ2) is 9.06. The second-order valence-corrected chi connectivity index (χ2v) is 11.0. The summed E-state index contributed by atoms with van der Waals surface area (Å²) in [4.78, 5) is 40.6. The molecule has 0 saturated carbocycles. The third kappa shape index (κ3) is 5.04. The minimum Gasteiger partial charge on any atom is -0.338 e. The molecule has 1 unspecified atom stereocenters. The van der Waals surface area contributed by atoms with Crippen LogP contribution in [-0.4, -0.2) is 29.2 Å². The molecular weight excluding hydrogens is 422 g/mol. The van der Waals surface area contributed by atoms with Crippen molar-refractivity contribution in [3.05, 3.63) is 56.8 Å². The molecule has 0 bridgehead atoms. The predicted molar refractivity (Wildman–Crippen MR) is 125 cm³/mol. The number of carbonyl (C=O) groups excluding carboxylic acids is 3. The molecule has 1 aliphatic heterocycles. The number of fused-ring (bicyclic) bond motifs is 1. The molecule has 0 radical (unpaired) electrons. The Balaban J connectivity index is 1.31. The summed E-state index contributed by atoms with van der Waals surface area (Å²) in [6.07, 6.45) is 4.69. The topological polar surface area (TPSA) is 78.5 Å². The summed E-state index contributed by atoms with van der Waals surface area (Å²) in [6.45, 7) is 8.18. The van der Waals surface area contributed by atoms with Crippen LogP contribution in [0, 0.1) is 11.3 Å². The number of thiophene rings is 1. The highest BCUT2D eigenvalue weighted by molar-refractivity contribution is 7.14. The molecule has 1 aromatic carbocycles. The molecule has 170 valence electrons. The summed E-state index contributed by atoms with van der Waals surface area (Å²) in [5.74, 6) is 0.149. The molecule has 2 aliphatic rings. The van der Waals surface area contributed by atoms with Gasteiger partial charge in [0.1, 0.15) is 0 Å². The number of carbonyl (C=O) groups is 3. The van der Waals surface area contributed by atoms with Crippen molar-refractivity contribution in [1.82, 2.24) is 15.8 Å². The zero-order valence-corrected chi connectivity index (χ0v) is 19.8. The van der Waals surface area contributed by atoms with E-state index in [1.54, 1.807) is 12.1 Å². The Kier molecular flexibility index (Phi) is 6.38. The summed E-state index contributed by atoms with van der Waals surface area (Å²) in [5.41, 5.74) is 8.03. The van der Waals surface area contributed by atoms with Crippen molar-refractivity contribution >= 4 is 29.1 Å². The number of benzene rings is 1. The van der Waals surface area contributed by atoms with Crippen LogP contribution in [0.1, 0.15) is 76.1 Å². The molecule has 7 heteroatoms. The van der Waals surface area contributed by atoms with Gasteiger partial charge in [-0.15, -0.1) is 11.3 Å². The molecule has 1 fully saturated rings. The number of hydrogen-bond donors (Lipinski definition) is 2. The summed E-state index contributed by atoms with van der Waals surface area (Å²) in [7, 11) is 0. The molecule has 2 aromatic rings. The van der Waals surface area contributed by atoms with Crippen LogP contribution in [-0.2, 0) is 24.2 Å². The number of amides is 3. The molecule has 32 heavy (non-hydrogen) atoms. The Labute approximate surface area is 193 Å². The van der Waals surface area contributed by atoms with E-state index < -0.39 is 0 Å². The van der Waals surface area contributed by atoms with Crippen molar-refractivity contribution in [1.29, 1.82) is 0 Å². The van der Waals surface area contributed by atoms with E-state index in [0.717, 1.165) is 37.8 Å². The third-order valence-corrected chi connectivity index (χ3v) is 7.82. The van der Waals surface area contributed by atoms with E-state index in [1.807, 2.05) is 23.1 Å². The zero-order valence-electron chi connectivity index (χ0n) is 19.0. The van der Waals surface area contributed by atoms with Crippen LogP contribution >= 0.6 is 11.3 Å². The molecule has 2 heterocycles. The Hall–Kier alpha value is -2.67. The van der Waals surface area contributed by atoms with Gasteiger partial charge in [-0.25, -0.2) is 0 Å². The lowest BCUT2D eigenvalue weighted by molar-refractivity contribution is -0.128. The van der Waals surface area contributed by atoms with Crippen LogP contribution in [0.25, 0.3) is 0 Å². The van der Waals surface area contributed by atoms with Gasteiger partial charge in [0.15, 0.2) is 0 Å². The fourth-order valence-electron chi connectivity index (χ4n) is 4.48. The molecule has 0 spiro atoms. The average molecular weight is 454 g/mol. The molecule has 6 nitrogen and oxygen atoms in total. The first kappa shape index (κ1) is 22.5. The Morgan fingerprint density at radius 3 is 2.47 bits per heavy atom. The van der Waals surface area contributed by atoms with Crippen LogP contribution in [0.3, 0.4) is 0 Å². The van der Waals surface area contributed by atoms with Crippen molar-refractivity contribution in [3.8, 4) is 0 Å². The lowest BCUT2D eigenvalue weighted by Crippen LogP contribution is -2.41. The van der Waals surface area contributed by atoms with E-state index in [0.29, 0.717) is 29.3 Å². The zero-order chi connectivity index (χ0) is 22.9. The van der Waals surface area contributed by atoms with Crippen LogP contribution in [0.2, 0.25) is 0 Å². The van der Waals surface area contributed by atoms with E-state index in [9.17, 15) is 14.4 Å². The summed E-state index contributed by atoms with van der Waals surface area (Å²) < 4.78 is 0. The van der Waals surface area contributed by atoms with Crippen molar-refractivity contribution in [2.75, 3.05) is 6.54 Å². The maximum Gasteiger partial charge on any atom is 0.279 e. The number of nitrogens with one attached hydrogen (secondary N) is 2. The number of aryl methyl sites for hydroxylation is 1. The summed E-state index contributed by atoms with van der Waals surface area (Å²) in [5, 5.41) is 0. The van der Waals surface area contributed by atoms with Gasteiger partial charge < -0.3 is 4.90 Å². The molecule has 4 rings (SSSR count). The number of likely N-dealkylation sites (tertiary alicyclic amines) is 1. The molecule has 1 aliphatic carbocycles. The third-order valence-electron chi connectivity index (χ3n) is 6.58. The minimum atomic E-state index is -0.365. The molecule has 1 saturated heterocycles. The summed E-state index contributed by atoms with van der Waals surface area (Å²) in [6, 6.07) is 9.11. The molecule has 3 amide bonds. The highest BCUT2D eigenvalue weighted by Gasteiger charge is 2.30. The lowest BCUT2D eigenvalue weighted by atomic mass is 9.72. The van der Waals surface area contributed by atoms with Gasteiger partial charge in [-0.1, -0.05) is 32.9 Å². The molecule has 2 N–H and O–H groups in total. The van der Waals surface area contributed by atoms with Crippen LogP contribution < -0.4 is 10.9 Å². The number of hydrazine groups is 1. The van der Waals surface area contributed by atoms with Gasteiger partial charge in [0.05, 0.1) is 4.88 Å². The van der Waals surface area contributed by atoms with Gasteiger partial charge in [0.2, 0.25) is 5.91 Å². The van der Waals surface area contributed by atoms with Crippen molar-refractivity contribution in [2.45, 2.75) is 59.4 Å². The monoisotopic (exact) mass is 453 g/mol. The Bertz CT molecular complexity index is 1020. The quantitative estimate of drug-likeness (QED) is 0.684. The highest BCUT2D eigenvalue weighted by atomic mass is 32.1. The molecule has 1 aromatic heterocycles. The fourth-order valence-corrected chi connectivity index (χ4v) is 5.58. The number of hydrogen-bond acceptors (Lipinski definition) is 4. The second-order valence-electron chi connectivity index (χ2n) is 9.89. The van der Waals surface area contributed by atoms with Gasteiger partial charge >= 0.3 is 0 Å². The van der Waals surface area contributed by atoms with Crippen molar-refractivity contribution < 1.29 is 14.4 Å². The van der Waals surface area contributed by atoms with Gasteiger partial charge in [0.25, 0.3) is 11.8 Å². The minimum absolute atomic E-state index is 0.179. The summed E-state index contributed by atoms with van der Waals surface area (Å²) >= 11 is 1.53. The van der Waals surface area contributed by atoms with Gasteiger partial charge in [0, 0.05) is 30.0 Å². The van der Waals surface area contributed by atoms with Crippen LogP contribution in [0.4, 0.5) is 0 Å². The van der Waals surface area contributed by atoms with Crippen molar-refractivity contribution in [2.24, 2.45) is 11.3 Å². The number of rotatable bonds is 4. The number of nitrogens with zero attached hydrogens (tertiary/aromatic N) is 1. The average Bonchev–Trinajstić information content (AvgIpc) is 3.37. The molecular formula is C25H31N3O3S. The standard InChI is InChI=1S/C25H31N3O3S/c1-25(2,3)19-10-11-20-18(13-19)14-21(32-20)24(31)27-26-23(30)17-8-6-16(7-9-17)15-28-12-4-5-22(28)29/h6-9,14,19H,4-5,10-13,15H2,1-3H3,(H,26,30)(H,27,31). The van der Waals surface area contributed by atoms with Gasteiger partial charge in [-0.3, -0.25) is 25.2 Å². The predicted octanol–water partition coefficient (Wildman–Crippen LogP) is 4.10.